The maximum Gasteiger partial charge on any atom is 0.277 e. The number of benzene rings is 1. The number of primary amides is 1. The average Bonchev–Trinajstić information content (AvgIpc) is 2.57. The van der Waals surface area contributed by atoms with Gasteiger partial charge >= 0.3 is 0 Å². The smallest absolute Gasteiger partial charge is 0.277 e. The zero-order valence-electron chi connectivity index (χ0n) is 14.6. The number of ether oxygens (including phenoxy) is 1. The van der Waals surface area contributed by atoms with E-state index in [1.54, 1.807) is 4.90 Å². The fourth-order valence-electron chi connectivity index (χ4n) is 3.12. The van der Waals surface area contributed by atoms with Gasteiger partial charge in [-0.25, -0.2) is 0 Å². The molecule has 3 N–H and O–H groups in total. The summed E-state index contributed by atoms with van der Waals surface area (Å²) in [5, 5.41) is 0. The molecule has 1 fully saturated rings. The topological polar surface area (TPSA) is 77.1 Å². The van der Waals surface area contributed by atoms with Crippen molar-refractivity contribution in [2.24, 2.45) is 11.7 Å². The number of likely N-dealkylation sites (N-methyl/N-ethyl adjacent to an activating group) is 1. The molecule has 0 aliphatic carbocycles. The van der Waals surface area contributed by atoms with Crippen LogP contribution in [0.3, 0.4) is 0 Å². The lowest BCUT2D eigenvalue weighted by Crippen LogP contribution is -3.14. The molecular weight excluding hydrogens is 306 g/mol. The molecule has 0 radical (unpaired) electrons. The number of piperidine rings is 1. The predicted octanol–water partition coefficient (Wildman–Crippen LogP) is -0.176. The second kappa shape index (κ2) is 8.68. The van der Waals surface area contributed by atoms with E-state index < -0.39 is 0 Å². The van der Waals surface area contributed by atoms with Crippen LogP contribution >= 0.6 is 0 Å². The molecule has 1 unspecified atom stereocenters. The zero-order valence-corrected chi connectivity index (χ0v) is 14.6. The van der Waals surface area contributed by atoms with Crippen LogP contribution in [0.15, 0.2) is 24.3 Å². The Morgan fingerprint density at radius 3 is 2.67 bits per heavy atom. The van der Waals surface area contributed by atoms with Crippen molar-refractivity contribution in [3.63, 3.8) is 0 Å². The van der Waals surface area contributed by atoms with Crippen LogP contribution in [-0.4, -0.2) is 50.0 Å². The number of quaternary nitrogens is 1. The first-order valence-corrected chi connectivity index (χ1v) is 8.58. The molecule has 24 heavy (non-hydrogen) atoms. The minimum atomic E-state index is -0.248. The van der Waals surface area contributed by atoms with E-state index in [0.29, 0.717) is 26.2 Å². The number of amides is 2. The van der Waals surface area contributed by atoms with E-state index in [9.17, 15) is 9.59 Å². The van der Waals surface area contributed by atoms with Gasteiger partial charge in [0.15, 0.2) is 6.54 Å². The van der Waals surface area contributed by atoms with Crippen molar-refractivity contribution in [2.75, 3.05) is 33.3 Å². The largest absolute Gasteiger partial charge is 0.494 e. The Balaban J connectivity index is 1.84. The predicted molar refractivity (Wildman–Crippen MR) is 91.6 cm³/mol. The minimum absolute atomic E-state index is 0.0870. The normalized spacial score (nSPS) is 20.4. The molecule has 0 saturated carbocycles. The Morgan fingerprint density at radius 1 is 1.33 bits per heavy atom. The average molecular weight is 334 g/mol. The Labute approximate surface area is 143 Å². The molecule has 2 atom stereocenters. The maximum absolute atomic E-state index is 12.4. The molecule has 1 heterocycles. The molecule has 0 aromatic heterocycles. The summed E-state index contributed by atoms with van der Waals surface area (Å²) in [6, 6.07) is 7.80. The number of carbonyl (C=O) groups excluding carboxylic acids is 2. The standard InChI is InChI=1S/C18H27N3O3/c1-3-24-16-8-6-14(7-9-16)11-20(2)17(22)13-21-10-4-5-15(12-21)18(19)23/h6-9,15H,3-5,10-13H2,1-2H3,(H2,19,23)/p+1/t15-/m0/s1. The highest BCUT2D eigenvalue weighted by molar-refractivity contribution is 5.77. The van der Waals surface area contributed by atoms with Crippen molar-refractivity contribution >= 4 is 11.8 Å². The fraction of sp³-hybridized carbons (Fsp3) is 0.556. The van der Waals surface area contributed by atoms with Crippen LogP contribution in [0.5, 0.6) is 5.75 Å². The summed E-state index contributed by atoms with van der Waals surface area (Å²) in [4.78, 5) is 26.6. The quantitative estimate of drug-likeness (QED) is 0.726. The van der Waals surface area contributed by atoms with Crippen LogP contribution in [0, 0.1) is 5.92 Å². The molecule has 6 nitrogen and oxygen atoms in total. The Morgan fingerprint density at radius 2 is 2.04 bits per heavy atom. The molecule has 1 aromatic rings. The van der Waals surface area contributed by atoms with Crippen LogP contribution in [-0.2, 0) is 16.1 Å². The third kappa shape index (κ3) is 5.23. The van der Waals surface area contributed by atoms with E-state index in [-0.39, 0.29) is 17.7 Å². The molecule has 0 spiro atoms. The number of rotatable bonds is 7. The molecule has 2 rings (SSSR count). The number of nitrogens with zero attached hydrogens (tertiary/aromatic N) is 1. The SMILES string of the molecule is CCOc1ccc(CN(C)C(=O)C[NH+]2CCC[C@H](C(N)=O)C2)cc1. The molecule has 1 aliphatic rings. The van der Waals surface area contributed by atoms with Gasteiger partial charge in [-0.3, -0.25) is 9.59 Å². The summed E-state index contributed by atoms with van der Waals surface area (Å²) < 4.78 is 5.42. The van der Waals surface area contributed by atoms with Crippen molar-refractivity contribution in [3.05, 3.63) is 29.8 Å². The molecule has 132 valence electrons. The first-order chi connectivity index (χ1) is 11.5. The van der Waals surface area contributed by atoms with Crippen molar-refractivity contribution in [1.82, 2.24) is 4.90 Å². The van der Waals surface area contributed by atoms with Gasteiger partial charge in [0, 0.05) is 13.6 Å². The van der Waals surface area contributed by atoms with Gasteiger partial charge in [-0.05, 0) is 37.5 Å². The van der Waals surface area contributed by atoms with Gasteiger partial charge in [0.2, 0.25) is 5.91 Å². The lowest BCUT2D eigenvalue weighted by atomic mass is 9.97. The highest BCUT2D eigenvalue weighted by Gasteiger charge is 2.29. The molecule has 1 aromatic carbocycles. The highest BCUT2D eigenvalue weighted by Crippen LogP contribution is 2.13. The monoisotopic (exact) mass is 334 g/mol. The number of nitrogens with one attached hydrogen (secondary N) is 1. The van der Waals surface area contributed by atoms with Crippen LogP contribution in [0.1, 0.15) is 25.3 Å². The lowest BCUT2D eigenvalue weighted by Gasteiger charge is -2.29. The van der Waals surface area contributed by atoms with E-state index in [1.807, 2.05) is 38.2 Å². The summed E-state index contributed by atoms with van der Waals surface area (Å²) in [7, 11) is 1.81. The molecule has 2 amide bonds. The van der Waals surface area contributed by atoms with Crippen LogP contribution in [0.4, 0.5) is 0 Å². The number of hydrogen-bond acceptors (Lipinski definition) is 3. The van der Waals surface area contributed by atoms with Gasteiger partial charge in [-0.15, -0.1) is 0 Å². The summed E-state index contributed by atoms with van der Waals surface area (Å²) in [6.07, 6.45) is 1.79. The molecule has 1 saturated heterocycles. The first kappa shape index (κ1) is 18.3. The summed E-state index contributed by atoms with van der Waals surface area (Å²) >= 11 is 0. The Bertz CT molecular complexity index is 559. The highest BCUT2D eigenvalue weighted by atomic mass is 16.5. The second-order valence-corrected chi connectivity index (χ2v) is 6.45. The third-order valence-corrected chi connectivity index (χ3v) is 4.50. The molecular formula is C18H28N3O3+. The summed E-state index contributed by atoms with van der Waals surface area (Å²) in [5.41, 5.74) is 6.47. The first-order valence-electron chi connectivity index (χ1n) is 8.58. The van der Waals surface area contributed by atoms with E-state index in [4.69, 9.17) is 10.5 Å². The van der Waals surface area contributed by atoms with E-state index in [1.165, 1.54) is 0 Å². The van der Waals surface area contributed by atoms with Crippen molar-refractivity contribution in [1.29, 1.82) is 0 Å². The van der Waals surface area contributed by atoms with E-state index in [0.717, 1.165) is 35.6 Å². The van der Waals surface area contributed by atoms with Gasteiger partial charge in [0.05, 0.1) is 25.6 Å². The van der Waals surface area contributed by atoms with Crippen LogP contribution < -0.4 is 15.4 Å². The molecule has 1 aliphatic heterocycles. The van der Waals surface area contributed by atoms with Crippen LogP contribution in [0.2, 0.25) is 0 Å². The van der Waals surface area contributed by atoms with Crippen molar-refractivity contribution in [2.45, 2.75) is 26.3 Å². The fourth-order valence-corrected chi connectivity index (χ4v) is 3.12. The van der Waals surface area contributed by atoms with Gasteiger partial charge in [0.25, 0.3) is 5.91 Å². The third-order valence-electron chi connectivity index (χ3n) is 4.50. The number of nitrogens with two attached hydrogens (primary N) is 1. The van der Waals surface area contributed by atoms with E-state index >= 15 is 0 Å². The Hall–Kier alpha value is -2.08. The van der Waals surface area contributed by atoms with Gasteiger partial charge < -0.3 is 20.3 Å². The summed E-state index contributed by atoms with van der Waals surface area (Å²) in [6.45, 7) is 5.16. The second-order valence-electron chi connectivity index (χ2n) is 6.45. The Kier molecular flexibility index (Phi) is 6.61. The zero-order chi connectivity index (χ0) is 17.5. The maximum atomic E-state index is 12.4. The lowest BCUT2D eigenvalue weighted by molar-refractivity contribution is -0.899. The number of hydrogen-bond donors (Lipinski definition) is 2. The van der Waals surface area contributed by atoms with E-state index in [2.05, 4.69) is 0 Å². The molecule has 6 heteroatoms. The van der Waals surface area contributed by atoms with Gasteiger partial charge in [0.1, 0.15) is 5.75 Å². The van der Waals surface area contributed by atoms with Crippen molar-refractivity contribution in [3.8, 4) is 5.75 Å². The van der Waals surface area contributed by atoms with Gasteiger partial charge in [-0.2, -0.15) is 0 Å². The molecule has 0 bridgehead atoms. The summed E-state index contributed by atoms with van der Waals surface area (Å²) in [5.74, 6) is 0.579. The number of carbonyl (C=O) groups is 2. The van der Waals surface area contributed by atoms with Crippen molar-refractivity contribution < 1.29 is 19.2 Å². The van der Waals surface area contributed by atoms with Crippen LogP contribution in [0.25, 0.3) is 0 Å². The minimum Gasteiger partial charge on any atom is -0.494 e. The number of likely N-dealkylation sites (tertiary alicyclic amines) is 1. The van der Waals surface area contributed by atoms with Gasteiger partial charge in [-0.1, -0.05) is 12.1 Å².